The Labute approximate surface area is 372 Å². The van der Waals surface area contributed by atoms with Gasteiger partial charge in [-0.25, -0.2) is 18.3 Å². The van der Waals surface area contributed by atoms with E-state index >= 15 is 0 Å². The number of nitrogens with one attached hydrogen (secondary N) is 4. The molecule has 0 radical (unpaired) electrons. The van der Waals surface area contributed by atoms with Crippen LogP contribution in [0.1, 0.15) is 45.0 Å². The maximum Gasteiger partial charge on any atom is 0.176 e. The van der Waals surface area contributed by atoms with Gasteiger partial charge < -0.3 is 38.9 Å². The molecule has 8 aromatic rings. The largest absolute Gasteiger partial charge is 0.378 e. The number of methoxy groups -OCH3 is 4. The van der Waals surface area contributed by atoms with Crippen molar-refractivity contribution in [3.63, 3.8) is 0 Å². The van der Waals surface area contributed by atoms with E-state index in [1.807, 2.05) is 0 Å². The number of rotatable bonds is 16. The van der Waals surface area contributed by atoms with E-state index in [4.69, 9.17) is 18.9 Å². The maximum absolute atomic E-state index is 5.48. The van der Waals surface area contributed by atoms with Crippen LogP contribution in [0.3, 0.4) is 0 Å². The van der Waals surface area contributed by atoms with Gasteiger partial charge in [0.15, 0.2) is 75.8 Å². The molecule has 8 aromatic heterocycles. The first-order chi connectivity index (χ1) is 31.5. The quantitative estimate of drug-likeness (QED) is 0.112. The summed E-state index contributed by atoms with van der Waals surface area (Å²) in [4.78, 5) is 15.7. The van der Waals surface area contributed by atoms with Crippen molar-refractivity contribution in [1.29, 1.82) is 0 Å². The van der Waals surface area contributed by atoms with Gasteiger partial charge in [0.2, 0.25) is 0 Å². The summed E-state index contributed by atoms with van der Waals surface area (Å²) in [5, 5.41) is 3.91. The molecule has 4 N–H and O–H groups in total. The minimum atomic E-state index is 0.607. The van der Waals surface area contributed by atoms with Gasteiger partial charge in [0, 0.05) is 141 Å². The Morgan fingerprint density at radius 2 is 0.578 bits per heavy atom. The molecule has 8 bridgehead atoms. The number of ether oxygens (including phenoxy) is 4. The lowest BCUT2D eigenvalue weighted by Gasteiger charge is -2.09. The summed E-state index contributed by atoms with van der Waals surface area (Å²) >= 11 is 0. The molecule has 0 saturated carbocycles. The summed E-state index contributed by atoms with van der Waals surface area (Å²) in [7, 11) is 6.95. The summed E-state index contributed by atoms with van der Waals surface area (Å²) in [6.07, 6.45) is 17.1. The van der Waals surface area contributed by atoms with Crippen LogP contribution in [0.5, 0.6) is 0 Å². The van der Waals surface area contributed by atoms with Crippen molar-refractivity contribution in [3.05, 3.63) is 213 Å². The Morgan fingerprint density at radius 3 is 0.812 bits per heavy atom. The average molecular weight is 857 g/mol. The van der Waals surface area contributed by atoms with Crippen LogP contribution < -0.4 is 39.7 Å². The first-order valence-corrected chi connectivity index (χ1v) is 21.7. The summed E-state index contributed by atoms with van der Waals surface area (Å²) in [5.74, 6) is 0. The molecule has 0 aromatic carbocycles. The Kier molecular flexibility index (Phi) is 13.0. The van der Waals surface area contributed by atoms with Crippen LogP contribution >= 0.6 is 0 Å². The molecule has 0 fully saturated rings. The van der Waals surface area contributed by atoms with E-state index in [0.29, 0.717) is 26.4 Å². The zero-order valence-electron chi connectivity index (χ0n) is 36.9. The molecule has 9 heterocycles. The molecular weight excluding hydrogens is 801 g/mol. The molecule has 0 spiro atoms. The number of hydrogen-bond acceptors (Lipinski definition) is 4. The van der Waals surface area contributed by atoms with E-state index in [2.05, 4.69) is 185 Å². The normalized spacial score (nSPS) is 12.7. The Hall–Kier alpha value is -6.96. The summed E-state index contributed by atoms with van der Waals surface area (Å²) in [5.41, 5.74) is 12.3. The van der Waals surface area contributed by atoms with E-state index in [1.165, 1.54) is 0 Å². The van der Waals surface area contributed by atoms with Crippen molar-refractivity contribution in [2.75, 3.05) is 54.9 Å². The molecule has 0 atom stereocenters. The lowest BCUT2D eigenvalue weighted by Crippen LogP contribution is -2.36. The lowest BCUT2D eigenvalue weighted by atomic mass is 10.0. The number of aromatic nitrogens is 8. The first kappa shape index (κ1) is 42.3. The topological polar surface area (TPSA) is 116 Å². The zero-order valence-corrected chi connectivity index (χ0v) is 36.9. The van der Waals surface area contributed by atoms with Gasteiger partial charge in [-0.2, -0.15) is 0 Å². The van der Waals surface area contributed by atoms with E-state index in [9.17, 15) is 0 Å². The molecule has 9 rings (SSSR count). The van der Waals surface area contributed by atoms with Gasteiger partial charge in [0.1, 0.15) is 26.4 Å². The second kappa shape index (κ2) is 19.6. The van der Waals surface area contributed by atoms with Crippen molar-refractivity contribution < 1.29 is 37.2 Å². The Balaban J connectivity index is 1.37. The number of nitrogens with zero attached hydrogens (tertiary/aromatic N) is 4. The van der Waals surface area contributed by atoms with Crippen LogP contribution in [0.2, 0.25) is 0 Å². The molecule has 0 amide bonds. The van der Waals surface area contributed by atoms with Gasteiger partial charge in [-0.05, 0) is 72.8 Å². The smallest absolute Gasteiger partial charge is 0.176 e. The van der Waals surface area contributed by atoms with Crippen LogP contribution in [0.25, 0.3) is 22.3 Å². The summed E-state index contributed by atoms with van der Waals surface area (Å²) in [6.45, 7) is 5.34. The first-order valence-electron chi connectivity index (χ1n) is 21.7. The molecular formula is C52H56N8O4+4. The molecule has 12 nitrogen and oxygen atoms in total. The highest BCUT2D eigenvalue weighted by Crippen LogP contribution is 2.27. The van der Waals surface area contributed by atoms with Crippen LogP contribution in [-0.2, 0) is 45.1 Å². The molecule has 12 heteroatoms. The van der Waals surface area contributed by atoms with E-state index in [0.717, 1.165) is 115 Å². The fraction of sp³-hybridized carbons (Fsp3) is 0.231. The van der Waals surface area contributed by atoms with E-state index in [-0.39, 0.29) is 0 Å². The number of aromatic amines is 4. The minimum Gasteiger partial charge on any atom is -0.378 e. The number of H-pyrrole nitrogens is 4. The van der Waals surface area contributed by atoms with Gasteiger partial charge in [0.25, 0.3) is 0 Å². The van der Waals surface area contributed by atoms with Gasteiger partial charge >= 0.3 is 0 Å². The molecule has 0 aliphatic carbocycles. The van der Waals surface area contributed by atoms with E-state index < -0.39 is 0 Å². The summed E-state index contributed by atoms with van der Waals surface area (Å²) in [6, 6.07) is 34.7. The SMILES string of the molecule is COCC[n+]1cccc(C2=c3ccc([nH]3)=C(c3ccc[n+](CCOC)c3)c3ccc([nH]3)C(c3ccc[n+](CCOC)c3)=c3ccc([nH]3)=C(c3ccc[n+](CCOC)c3)c3ccc2[nH]3)c1. The molecule has 0 unspecified atom stereocenters. The number of hydrogen-bond donors (Lipinski definition) is 4. The minimum absolute atomic E-state index is 0.607. The van der Waals surface area contributed by atoms with Crippen molar-refractivity contribution in [2.45, 2.75) is 26.2 Å². The van der Waals surface area contributed by atoms with Gasteiger partial charge in [-0.15, -0.1) is 0 Å². The Morgan fingerprint density at radius 1 is 0.328 bits per heavy atom. The van der Waals surface area contributed by atoms with Crippen molar-refractivity contribution in [3.8, 4) is 0 Å². The van der Waals surface area contributed by atoms with E-state index in [1.54, 1.807) is 28.4 Å². The third-order valence-corrected chi connectivity index (χ3v) is 11.7. The van der Waals surface area contributed by atoms with Crippen LogP contribution in [0, 0.1) is 0 Å². The monoisotopic (exact) mass is 856 g/mol. The van der Waals surface area contributed by atoms with Crippen molar-refractivity contribution in [1.82, 2.24) is 19.9 Å². The number of fused-ring (bicyclic) bond motifs is 8. The van der Waals surface area contributed by atoms with Crippen LogP contribution in [0.15, 0.2) is 147 Å². The highest BCUT2D eigenvalue weighted by atomic mass is 16.5. The molecule has 64 heavy (non-hydrogen) atoms. The standard InChI is InChI=1S/C52H56N8O4/c1-61-29-25-57-21-5-9-37(33-57)49-41-13-15-43(53-41)50(38-10-6-22-58(34-38)26-30-62-2)45-17-19-47(55-45)52(40-12-8-24-60(36-40)28-32-64-4)48-20-18-46(56-48)51(44-16-14-42(49)54-44)39-11-7-23-59(35-39)27-31-63-3/h5-24,33-36,53-56H,25-32H2,1-4H3/q+4. The second-order valence-corrected chi connectivity index (χ2v) is 15.9. The third-order valence-electron chi connectivity index (χ3n) is 11.7. The second-order valence-electron chi connectivity index (χ2n) is 15.9. The van der Waals surface area contributed by atoms with Crippen LogP contribution in [0.4, 0.5) is 0 Å². The summed E-state index contributed by atoms with van der Waals surface area (Å²) < 4.78 is 30.6. The molecule has 1 aliphatic heterocycles. The molecule has 0 saturated heterocycles. The molecule has 324 valence electrons. The van der Waals surface area contributed by atoms with Crippen molar-refractivity contribution >= 4 is 22.3 Å². The Bertz CT molecular complexity index is 2740. The third kappa shape index (κ3) is 9.08. The van der Waals surface area contributed by atoms with Gasteiger partial charge in [-0.3, -0.25) is 0 Å². The zero-order chi connectivity index (χ0) is 43.8. The fourth-order valence-electron chi connectivity index (χ4n) is 8.59. The van der Waals surface area contributed by atoms with Crippen LogP contribution in [-0.4, -0.2) is 74.8 Å². The predicted octanol–water partition coefficient (Wildman–Crippen LogP) is 2.04. The van der Waals surface area contributed by atoms with Crippen molar-refractivity contribution in [2.24, 2.45) is 0 Å². The van der Waals surface area contributed by atoms with Gasteiger partial charge in [0.05, 0.1) is 0 Å². The fourth-order valence-corrected chi connectivity index (χ4v) is 8.59. The van der Waals surface area contributed by atoms with Gasteiger partial charge in [-0.1, -0.05) is 0 Å². The lowest BCUT2D eigenvalue weighted by molar-refractivity contribution is -0.698. The average Bonchev–Trinajstić information content (AvgIpc) is 4.18. The highest BCUT2D eigenvalue weighted by Gasteiger charge is 2.22. The predicted molar refractivity (Wildman–Crippen MR) is 242 cm³/mol. The molecule has 1 aliphatic rings. The highest BCUT2D eigenvalue weighted by molar-refractivity contribution is 5.84. The number of pyridine rings is 4. The maximum atomic E-state index is 5.48.